The van der Waals surface area contributed by atoms with Crippen LogP contribution in [0.25, 0.3) is 0 Å². The van der Waals surface area contributed by atoms with Crippen molar-refractivity contribution in [3.05, 3.63) is 47.0 Å². The molecule has 2 atom stereocenters. The van der Waals surface area contributed by atoms with Gasteiger partial charge in [0.05, 0.1) is 6.42 Å². The van der Waals surface area contributed by atoms with E-state index in [-0.39, 0.29) is 41.3 Å². The van der Waals surface area contributed by atoms with Gasteiger partial charge in [-0.05, 0) is 17.2 Å². The molecule has 34 heavy (non-hydrogen) atoms. The van der Waals surface area contributed by atoms with E-state index in [0.717, 1.165) is 11.8 Å². The standard InChI is InChI=1S/C20H20N6O6S2/c21-11-4-2-1-3-9(11)5-13(28)23-15-17(29)26-16(19(30)31)10(7-33-18(15)26)8-34-20-25-24-14(32-20)6-12(22)27/h1-4,15,18H,5-8,21H2,(H2,22,27)(H,23,28)(H,30,31)/t15?,18-/m1/s1. The van der Waals surface area contributed by atoms with E-state index in [1.54, 1.807) is 24.3 Å². The number of nitrogens with two attached hydrogens (primary N) is 2. The van der Waals surface area contributed by atoms with Gasteiger partial charge in [-0.2, -0.15) is 0 Å². The third-order valence-electron chi connectivity index (χ3n) is 5.12. The monoisotopic (exact) mass is 504 g/mol. The number of carbonyl (C=O) groups excluding carboxylic acids is 3. The molecule has 0 spiro atoms. The quantitative estimate of drug-likeness (QED) is 0.200. The lowest BCUT2D eigenvalue weighted by molar-refractivity contribution is -0.150. The van der Waals surface area contributed by atoms with E-state index in [9.17, 15) is 24.3 Å². The molecule has 1 aromatic heterocycles. The van der Waals surface area contributed by atoms with Crippen molar-refractivity contribution in [2.75, 3.05) is 17.2 Å². The number of carboxylic acids is 1. The number of aliphatic carboxylic acids is 1. The van der Waals surface area contributed by atoms with E-state index in [2.05, 4.69) is 15.5 Å². The fourth-order valence-corrected chi connectivity index (χ4v) is 5.82. The minimum absolute atomic E-state index is 0.0132. The van der Waals surface area contributed by atoms with Gasteiger partial charge in [0.1, 0.15) is 23.5 Å². The van der Waals surface area contributed by atoms with Crippen molar-refractivity contribution in [3.63, 3.8) is 0 Å². The van der Waals surface area contributed by atoms with Crippen LogP contribution in [0.15, 0.2) is 45.2 Å². The van der Waals surface area contributed by atoms with E-state index in [4.69, 9.17) is 15.9 Å². The van der Waals surface area contributed by atoms with Crippen LogP contribution in [0.5, 0.6) is 0 Å². The lowest BCUT2D eigenvalue weighted by atomic mass is 10.0. The highest BCUT2D eigenvalue weighted by molar-refractivity contribution is 8.01. The van der Waals surface area contributed by atoms with Gasteiger partial charge in [-0.15, -0.1) is 22.0 Å². The maximum atomic E-state index is 12.8. The second-order valence-corrected chi connectivity index (χ2v) is 9.51. The number of benzene rings is 1. The SMILES string of the molecule is NC(=O)Cc1nnc(SCC2=C(C(=O)O)N3C(=O)C(NC(=O)Cc4ccccc4N)[C@H]3SC2)o1. The number of para-hydroxylation sites is 1. The molecule has 1 fully saturated rings. The van der Waals surface area contributed by atoms with Crippen LogP contribution in [0, 0.1) is 0 Å². The smallest absolute Gasteiger partial charge is 0.352 e. The van der Waals surface area contributed by atoms with Crippen LogP contribution >= 0.6 is 23.5 Å². The minimum atomic E-state index is -1.24. The Hall–Kier alpha value is -3.52. The van der Waals surface area contributed by atoms with Crippen molar-refractivity contribution >= 4 is 52.9 Å². The van der Waals surface area contributed by atoms with Crippen LogP contribution in [0.4, 0.5) is 5.69 Å². The molecule has 2 aliphatic rings. The summed E-state index contributed by atoms with van der Waals surface area (Å²) in [7, 11) is 0. The van der Waals surface area contributed by atoms with Crippen molar-refractivity contribution in [2.24, 2.45) is 5.73 Å². The van der Waals surface area contributed by atoms with Crippen molar-refractivity contribution < 1.29 is 28.7 Å². The number of primary amides is 1. The van der Waals surface area contributed by atoms with Crippen molar-refractivity contribution in [1.82, 2.24) is 20.4 Å². The molecule has 0 bridgehead atoms. The summed E-state index contributed by atoms with van der Waals surface area (Å²) >= 11 is 2.45. The topological polar surface area (TPSA) is 195 Å². The molecule has 0 radical (unpaired) electrons. The van der Waals surface area contributed by atoms with Crippen LogP contribution in [0.1, 0.15) is 11.5 Å². The third-order valence-corrected chi connectivity index (χ3v) is 7.36. The van der Waals surface area contributed by atoms with E-state index in [1.165, 1.54) is 16.7 Å². The van der Waals surface area contributed by atoms with Gasteiger partial charge in [0.15, 0.2) is 0 Å². The average molecular weight is 505 g/mol. The number of rotatable bonds is 9. The normalized spacial score (nSPS) is 19.4. The first-order chi connectivity index (χ1) is 16.2. The first-order valence-electron chi connectivity index (χ1n) is 10.0. The number of aromatic nitrogens is 2. The Morgan fingerprint density at radius 3 is 2.74 bits per heavy atom. The molecule has 6 N–H and O–H groups in total. The van der Waals surface area contributed by atoms with Crippen LogP contribution in [0.3, 0.4) is 0 Å². The van der Waals surface area contributed by atoms with Gasteiger partial charge in [-0.25, -0.2) is 4.79 Å². The van der Waals surface area contributed by atoms with Crippen molar-refractivity contribution in [3.8, 4) is 0 Å². The molecule has 0 aliphatic carbocycles. The molecule has 2 aromatic rings. The molecule has 1 unspecified atom stereocenters. The highest BCUT2D eigenvalue weighted by Crippen LogP contribution is 2.41. The van der Waals surface area contributed by atoms with Crippen LogP contribution < -0.4 is 16.8 Å². The molecular weight excluding hydrogens is 484 g/mol. The molecule has 3 amide bonds. The Kier molecular flexibility index (Phi) is 6.79. The molecule has 12 nitrogen and oxygen atoms in total. The molecule has 14 heteroatoms. The number of hydrogen-bond acceptors (Lipinski definition) is 10. The van der Waals surface area contributed by atoms with Gasteiger partial charge >= 0.3 is 5.97 Å². The zero-order valence-corrected chi connectivity index (χ0v) is 19.2. The molecule has 1 saturated heterocycles. The average Bonchev–Trinajstić information content (AvgIpc) is 3.23. The van der Waals surface area contributed by atoms with Gasteiger partial charge in [-0.3, -0.25) is 19.3 Å². The predicted molar refractivity (Wildman–Crippen MR) is 122 cm³/mol. The van der Waals surface area contributed by atoms with Crippen LogP contribution in [-0.2, 0) is 32.0 Å². The zero-order chi connectivity index (χ0) is 24.4. The van der Waals surface area contributed by atoms with E-state index in [1.807, 2.05) is 0 Å². The lowest BCUT2D eigenvalue weighted by Gasteiger charge is -2.49. The summed E-state index contributed by atoms with van der Waals surface area (Å²) in [5.41, 5.74) is 12.5. The number of nitrogen functional groups attached to an aromatic ring is 1. The van der Waals surface area contributed by atoms with Gasteiger partial charge in [0.2, 0.25) is 17.7 Å². The maximum Gasteiger partial charge on any atom is 0.352 e. The summed E-state index contributed by atoms with van der Waals surface area (Å²) in [5.74, 6) is -2.13. The Labute approximate surface area is 201 Å². The number of thioether (sulfide) groups is 2. The van der Waals surface area contributed by atoms with Crippen LogP contribution in [-0.4, -0.2) is 66.8 Å². The predicted octanol–water partition coefficient (Wildman–Crippen LogP) is -0.247. The Balaban J connectivity index is 1.41. The molecule has 2 aliphatic heterocycles. The second-order valence-electron chi connectivity index (χ2n) is 7.48. The highest BCUT2D eigenvalue weighted by Gasteiger charge is 2.54. The van der Waals surface area contributed by atoms with Crippen molar-refractivity contribution in [1.29, 1.82) is 0 Å². The van der Waals surface area contributed by atoms with E-state index in [0.29, 0.717) is 22.6 Å². The Morgan fingerprint density at radius 1 is 1.26 bits per heavy atom. The molecule has 3 heterocycles. The molecule has 178 valence electrons. The fraction of sp³-hybridized carbons (Fsp3) is 0.300. The highest BCUT2D eigenvalue weighted by atomic mass is 32.2. The number of carboxylic acid groups (broad SMARTS) is 1. The number of nitrogens with one attached hydrogen (secondary N) is 1. The first-order valence-corrected chi connectivity index (χ1v) is 12.0. The van der Waals surface area contributed by atoms with Gasteiger partial charge in [0.25, 0.3) is 11.1 Å². The molecule has 0 saturated carbocycles. The Morgan fingerprint density at radius 2 is 2.03 bits per heavy atom. The number of hydrogen-bond donors (Lipinski definition) is 4. The number of fused-ring (bicyclic) bond motifs is 1. The van der Waals surface area contributed by atoms with E-state index < -0.39 is 29.2 Å². The maximum absolute atomic E-state index is 12.8. The Bertz CT molecular complexity index is 1200. The minimum Gasteiger partial charge on any atom is -0.477 e. The number of β-lactam (4-membered cyclic amide) rings is 1. The summed E-state index contributed by atoms with van der Waals surface area (Å²) in [4.78, 5) is 49.4. The molecule has 4 rings (SSSR count). The summed E-state index contributed by atoms with van der Waals surface area (Å²) in [5, 5.41) is 19.6. The summed E-state index contributed by atoms with van der Waals surface area (Å²) in [6, 6.07) is 6.12. The largest absolute Gasteiger partial charge is 0.477 e. The summed E-state index contributed by atoms with van der Waals surface area (Å²) < 4.78 is 5.31. The first kappa shape index (κ1) is 23.6. The van der Waals surface area contributed by atoms with Gasteiger partial charge in [0, 0.05) is 17.2 Å². The zero-order valence-electron chi connectivity index (χ0n) is 17.6. The number of anilines is 1. The number of nitrogens with zero attached hydrogens (tertiary/aromatic N) is 3. The third kappa shape index (κ3) is 4.87. The fourth-order valence-electron chi connectivity index (χ4n) is 3.55. The van der Waals surface area contributed by atoms with Crippen LogP contribution in [0.2, 0.25) is 0 Å². The number of carbonyl (C=O) groups is 4. The molecular formula is C20H20N6O6S2. The number of amides is 3. The molecule has 1 aromatic carbocycles. The van der Waals surface area contributed by atoms with E-state index >= 15 is 0 Å². The van der Waals surface area contributed by atoms with Gasteiger partial charge < -0.3 is 26.3 Å². The summed E-state index contributed by atoms with van der Waals surface area (Å²) in [6.07, 6.45) is -0.181. The van der Waals surface area contributed by atoms with Gasteiger partial charge in [-0.1, -0.05) is 30.0 Å². The summed E-state index contributed by atoms with van der Waals surface area (Å²) in [6.45, 7) is 0. The second kappa shape index (κ2) is 9.77. The lowest BCUT2D eigenvalue weighted by Crippen LogP contribution is -2.70. The van der Waals surface area contributed by atoms with Crippen molar-refractivity contribution in [2.45, 2.75) is 29.5 Å².